The van der Waals surface area contributed by atoms with Gasteiger partial charge in [-0.1, -0.05) is 30.3 Å². The van der Waals surface area contributed by atoms with E-state index in [-0.39, 0.29) is 0 Å². The summed E-state index contributed by atoms with van der Waals surface area (Å²) in [5.41, 5.74) is 3.66. The van der Waals surface area contributed by atoms with Crippen molar-refractivity contribution in [1.82, 2.24) is 9.97 Å². The Morgan fingerprint density at radius 2 is 1.61 bits per heavy atom. The van der Waals surface area contributed by atoms with Gasteiger partial charge in [-0.15, -0.1) is 0 Å². The summed E-state index contributed by atoms with van der Waals surface area (Å²) in [4.78, 5) is 8.87. The van der Waals surface area contributed by atoms with Crippen molar-refractivity contribution in [3.8, 4) is 0 Å². The second-order valence-electron chi connectivity index (χ2n) is 4.03. The van der Waals surface area contributed by atoms with Crippen LogP contribution in [-0.2, 0) is 0 Å². The second kappa shape index (κ2) is 4.45. The van der Waals surface area contributed by atoms with E-state index in [2.05, 4.69) is 22.2 Å². The molecule has 0 aliphatic rings. The van der Waals surface area contributed by atoms with Crippen LogP contribution in [0.15, 0.2) is 54.7 Å². The quantitative estimate of drug-likeness (QED) is 0.736. The molecule has 0 saturated heterocycles. The van der Waals surface area contributed by atoms with Gasteiger partial charge in [-0.05, 0) is 30.7 Å². The van der Waals surface area contributed by atoms with Crippen LogP contribution in [0.1, 0.15) is 5.56 Å². The van der Waals surface area contributed by atoms with Crippen LogP contribution in [-0.4, -0.2) is 9.97 Å². The summed E-state index contributed by atoms with van der Waals surface area (Å²) in [7, 11) is 0. The van der Waals surface area contributed by atoms with E-state index in [1.807, 2.05) is 48.5 Å². The van der Waals surface area contributed by atoms with Crippen molar-refractivity contribution in [2.75, 3.05) is 5.32 Å². The van der Waals surface area contributed by atoms with Crippen molar-refractivity contribution in [2.24, 2.45) is 0 Å². The molecule has 87 valence electrons. The lowest BCUT2D eigenvalue weighted by Crippen LogP contribution is -1.96. The van der Waals surface area contributed by atoms with Crippen LogP contribution in [0.4, 0.5) is 11.5 Å². The summed E-state index contributed by atoms with van der Waals surface area (Å²) in [6.07, 6.45) is 1.73. The number of nitrogens with zero attached hydrogens (tertiary/aromatic N) is 2. The average molecular weight is 234 g/mol. The molecule has 0 saturated carbocycles. The molecule has 0 unspecified atom stereocenters. The van der Waals surface area contributed by atoms with Gasteiger partial charge in [0, 0.05) is 5.69 Å². The summed E-state index contributed by atoms with van der Waals surface area (Å²) in [5, 5.41) is 3.23. The molecular weight excluding hydrogens is 222 g/mol. The van der Waals surface area contributed by atoms with Gasteiger partial charge in [-0.25, -0.2) is 4.98 Å². The van der Waals surface area contributed by atoms with Crippen molar-refractivity contribution >= 4 is 22.5 Å². The van der Waals surface area contributed by atoms with E-state index in [4.69, 9.17) is 0 Å². The molecule has 1 radical (unpaired) electrons. The number of nitrogens with one attached hydrogen (secondary N) is 1. The maximum absolute atomic E-state index is 4.51. The maximum atomic E-state index is 4.51. The van der Waals surface area contributed by atoms with Crippen molar-refractivity contribution in [3.05, 3.63) is 67.2 Å². The number of anilines is 2. The lowest BCUT2D eigenvalue weighted by molar-refractivity contribution is 1.28. The van der Waals surface area contributed by atoms with Gasteiger partial charge in [-0.3, -0.25) is 4.98 Å². The molecule has 3 nitrogen and oxygen atoms in total. The van der Waals surface area contributed by atoms with Crippen LogP contribution in [0, 0.1) is 6.92 Å². The predicted octanol–water partition coefficient (Wildman–Crippen LogP) is 3.56. The van der Waals surface area contributed by atoms with E-state index in [1.54, 1.807) is 6.20 Å². The van der Waals surface area contributed by atoms with E-state index >= 15 is 0 Å². The lowest BCUT2D eigenvalue weighted by atomic mass is 10.2. The number of hydrogen-bond acceptors (Lipinski definition) is 3. The van der Waals surface area contributed by atoms with Crippen LogP contribution in [0.3, 0.4) is 0 Å². The van der Waals surface area contributed by atoms with E-state index in [1.165, 1.54) is 0 Å². The molecule has 2 aromatic carbocycles. The summed E-state index contributed by atoms with van der Waals surface area (Å²) in [6.45, 7) is 3.97. The van der Waals surface area contributed by atoms with Gasteiger partial charge < -0.3 is 5.32 Å². The molecule has 1 aromatic heterocycles. The molecule has 0 spiro atoms. The highest BCUT2D eigenvalue weighted by Crippen LogP contribution is 2.19. The Morgan fingerprint density at radius 1 is 0.889 bits per heavy atom. The predicted molar refractivity (Wildman–Crippen MR) is 73.7 cm³/mol. The number of fused-ring (bicyclic) bond motifs is 1. The topological polar surface area (TPSA) is 37.8 Å². The van der Waals surface area contributed by atoms with Gasteiger partial charge in [0.2, 0.25) is 0 Å². The first-order valence-electron chi connectivity index (χ1n) is 5.73. The van der Waals surface area contributed by atoms with Crippen LogP contribution in [0.2, 0.25) is 0 Å². The largest absolute Gasteiger partial charge is 0.339 e. The zero-order valence-electron chi connectivity index (χ0n) is 9.80. The molecule has 3 rings (SSSR count). The van der Waals surface area contributed by atoms with Crippen molar-refractivity contribution in [3.63, 3.8) is 0 Å². The number of hydrogen-bond donors (Lipinski definition) is 1. The minimum atomic E-state index is 0.727. The fourth-order valence-electron chi connectivity index (χ4n) is 1.80. The molecule has 18 heavy (non-hydrogen) atoms. The van der Waals surface area contributed by atoms with E-state index in [9.17, 15) is 0 Å². The summed E-state index contributed by atoms with van der Waals surface area (Å²) in [5.74, 6) is 0.727. The molecule has 1 heterocycles. The molecule has 3 heteroatoms. The van der Waals surface area contributed by atoms with E-state index in [0.29, 0.717) is 0 Å². The van der Waals surface area contributed by atoms with Crippen LogP contribution in [0.5, 0.6) is 0 Å². The zero-order valence-corrected chi connectivity index (χ0v) is 9.80. The summed E-state index contributed by atoms with van der Waals surface area (Å²) < 4.78 is 0. The fourth-order valence-corrected chi connectivity index (χ4v) is 1.80. The van der Waals surface area contributed by atoms with Crippen molar-refractivity contribution in [2.45, 2.75) is 0 Å². The van der Waals surface area contributed by atoms with Crippen LogP contribution in [0.25, 0.3) is 11.0 Å². The minimum absolute atomic E-state index is 0.727. The molecular formula is C15H12N3. The van der Waals surface area contributed by atoms with Crippen molar-refractivity contribution < 1.29 is 0 Å². The van der Waals surface area contributed by atoms with Gasteiger partial charge in [0.25, 0.3) is 0 Å². The van der Waals surface area contributed by atoms with Gasteiger partial charge in [0.1, 0.15) is 5.82 Å². The SMILES string of the molecule is [CH2]c1ccccc1Nc1cnc2ccccc2n1. The molecule has 0 amide bonds. The molecule has 0 bridgehead atoms. The first-order chi connectivity index (χ1) is 8.83. The number of aromatic nitrogens is 2. The van der Waals surface area contributed by atoms with Gasteiger partial charge >= 0.3 is 0 Å². The van der Waals surface area contributed by atoms with Crippen molar-refractivity contribution in [1.29, 1.82) is 0 Å². The monoisotopic (exact) mass is 234 g/mol. The highest BCUT2D eigenvalue weighted by atomic mass is 15.0. The Bertz CT molecular complexity index is 692. The first kappa shape index (κ1) is 10.7. The molecule has 0 aliphatic carbocycles. The maximum Gasteiger partial charge on any atom is 0.149 e. The third-order valence-corrected chi connectivity index (χ3v) is 2.73. The lowest BCUT2D eigenvalue weighted by Gasteiger charge is -2.08. The van der Waals surface area contributed by atoms with E-state index in [0.717, 1.165) is 28.1 Å². The summed E-state index contributed by atoms with van der Waals surface area (Å²) in [6, 6.07) is 15.7. The number of para-hydroxylation sites is 3. The highest BCUT2D eigenvalue weighted by molar-refractivity contribution is 5.76. The fraction of sp³-hybridized carbons (Fsp3) is 0. The van der Waals surface area contributed by atoms with Gasteiger partial charge in [0.15, 0.2) is 0 Å². The Hall–Kier alpha value is -2.42. The number of benzene rings is 2. The third-order valence-electron chi connectivity index (χ3n) is 2.73. The highest BCUT2D eigenvalue weighted by Gasteiger charge is 2.01. The van der Waals surface area contributed by atoms with Crippen LogP contribution < -0.4 is 5.32 Å². The zero-order chi connectivity index (χ0) is 12.4. The molecule has 0 fully saturated rings. The Balaban J connectivity index is 1.98. The molecule has 0 aliphatic heterocycles. The standard InChI is InChI=1S/C15H12N3/c1-11-6-2-3-7-12(11)17-15-10-16-13-8-4-5-9-14(13)18-15/h2-10H,1H2,(H,17,18). The molecule has 1 N–H and O–H groups in total. The van der Waals surface area contributed by atoms with Gasteiger partial charge in [-0.2, -0.15) is 0 Å². The summed E-state index contributed by atoms with van der Waals surface area (Å²) >= 11 is 0. The Labute approximate surface area is 106 Å². The smallest absolute Gasteiger partial charge is 0.149 e. The minimum Gasteiger partial charge on any atom is -0.339 e. The third kappa shape index (κ3) is 2.02. The molecule has 0 atom stereocenters. The van der Waals surface area contributed by atoms with Gasteiger partial charge in [0.05, 0.1) is 17.2 Å². The normalized spacial score (nSPS) is 10.5. The Kier molecular flexibility index (Phi) is 2.65. The van der Waals surface area contributed by atoms with Crippen LogP contribution >= 0.6 is 0 Å². The second-order valence-corrected chi connectivity index (χ2v) is 4.03. The average Bonchev–Trinajstić information content (AvgIpc) is 2.41. The Morgan fingerprint density at radius 3 is 2.44 bits per heavy atom. The first-order valence-corrected chi connectivity index (χ1v) is 5.73. The number of rotatable bonds is 2. The molecule has 3 aromatic rings. The van der Waals surface area contributed by atoms with E-state index < -0.39 is 0 Å².